The summed E-state index contributed by atoms with van der Waals surface area (Å²) in [5, 5.41) is 10.6. The van der Waals surface area contributed by atoms with Gasteiger partial charge in [-0.3, -0.25) is 0 Å². The number of aromatic nitrogens is 1. The van der Waals surface area contributed by atoms with Crippen LogP contribution in [0.2, 0.25) is 0 Å². The summed E-state index contributed by atoms with van der Waals surface area (Å²) in [6.07, 6.45) is 26.3. The number of benzene rings is 1. The molecule has 33 heavy (non-hydrogen) atoms. The van der Waals surface area contributed by atoms with Gasteiger partial charge in [0.05, 0.1) is 6.61 Å². The molecule has 1 unspecified atom stereocenters. The maximum absolute atomic E-state index is 9.36. The summed E-state index contributed by atoms with van der Waals surface area (Å²) in [5.74, 6) is 0.832. The average Bonchev–Trinajstić information content (AvgIpc) is 2.84. The Bertz CT molecular complexity index is 741. The molecular weight excluding hydrogens is 402 g/mol. The van der Waals surface area contributed by atoms with Crippen LogP contribution in [0, 0.1) is 5.92 Å². The van der Waals surface area contributed by atoms with Crippen molar-refractivity contribution in [1.29, 1.82) is 0 Å². The molecule has 0 fully saturated rings. The fraction of sp³-hybridized carbons (Fsp3) is 0.710. The van der Waals surface area contributed by atoms with Crippen molar-refractivity contribution in [1.82, 2.24) is 0 Å². The molecule has 1 N–H and O–H groups in total. The van der Waals surface area contributed by atoms with Crippen molar-refractivity contribution in [3.63, 3.8) is 0 Å². The van der Waals surface area contributed by atoms with Crippen LogP contribution < -0.4 is 4.57 Å². The predicted molar refractivity (Wildman–Crippen MR) is 143 cm³/mol. The second-order valence-corrected chi connectivity index (χ2v) is 10.4. The number of unbranched alkanes of at least 4 members (excludes halogenated alkanes) is 13. The Morgan fingerprint density at radius 2 is 1.30 bits per heavy atom. The van der Waals surface area contributed by atoms with E-state index in [4.69, 9.17) is 0 Å². The van der Waals surface area contributed by atoms with Gasteiger partial charge in [-0.15, -0.1) is 0 Å². The highest BCUT2D eigenvalue weighted by Crippen LogP contribution is 2.18. The van der Waals surface area contributed by atoms with Crippen molar-refractivity contribution in [2.45, 2.75) is 136 Å². The van der Waals surface area contributed by atoms with Crippen LogP contribution in [0.5, 0.6) is 0 Å². The van der Waals surface area contributed by atoms with Crippen LogP contribution in [0.4, 0.5) is 0 Å². The Labute approximate surface area is 204 Å². The van der Waals surface area contributed by atoms with Gasteiger partial charge in [-0.1, -0.05) is 116 Å². The fourth-order valence-electron chi connectivity index (χ4n) is 5.07. The molecule has 0 saturated heterocycles. The zero-order chi connectivity index (χ0) is 23.6. The van der Waals surface area contributed by atoms with Gasteiger partial charge >= 0.3 is 0 Å². The van der Waals surface area contributed by atoms with Crippen molar-refractivity contribution in [2.75, 3.05) is 0 Å². The lowest BCUT2D eigenvalue weighted by atomic mass is 9.97. The van der Waals surface area contributed by atoms with E-state index in [9.17, 15) is 5.11 Å². The molecule has 0 aliphatic carbocycles. The summed E-state index contributed by atoms with van der Waals surface area (Å²) < 4.78 is 2.37. The third kappa shape index (κ3) is 12.0. The van der Waals surface area contributed by atoms with Crippen LogP contribution in [-0.2, 0) is 13.2 Å². The summed E-state index contributed by atoms with van der Waals surface area (Å²) >= 11 is 0. The molecule has 0 amide bonds. The molecule has 0 aliphatic rings. The van der Waals surface area contributed by atoms with Crippen LogP contribution in [0.25, 0.3) is 10.9 Å². The van der Waals surface area contributed by atoms with Crippen LogP contribution in [-0.4, -0.2) is 5.11 Å². The first-order valence-electron chi connectivity index (χ1n) is 14.3. The Kier molecular flexibility index (Phi) is 15.2. The molecule has 1 aromatic carbocycles. The van der Waals surface area contributed by atoms with Crippen LogP contribution >= 0.6 is 0 Å². The SMILES string of the molecule is CCCCCCCCCCCCCCCCC(C)CCC[n+]1cccc2cc(CO)ccc21. The Morgan fingerprint density at radius 1 is 0.727 bits per heavy atom. The van der Waals surface area contributed by atoms with Crippen molar-refractivity contribution in [3.8, 4) is 0 Å². The number of aliphatic hydroxyl groups excluding tert-OH is 1. The summed E-state index contributed by atoms with van der Waals surface area (Å²) in [6.45, 7) is 5.92. The number of pyridine rings is 1. The number of fused-ring (bicyclic) bond motifs is 1. The monoisotopic (exact) mass is 454 g/mol. The number of aliphatic hydroxyl groups is 1. The molecule has 2 aromatic rings. The maximum Gasteiger partial charge on any atom is 0.212 e. The van der Waals surface area contributed by atoms with Crippen molar-refractivity contribution in [2.24, 2.45) is 5.92 Å². The van der Waals surface area contributed by atoms with E-state index >= 15 is 0 Å². The van der Waals surface area contributed by atoms with Crippen molar-refractivity contribution < 1.29 is 9.67 Å². The summed E-state index contributed by atoms with van der Waals surface area (Å²) in [4.78, 5) is 0. The molecule has 2 heteroatoms. The van der Waals surface area contributed by atoms with Gasteiger partial charge in [0.25, 0.3) is 0 Å². The number of nitrogens with zero attached hydrogens (tertiary/aromatic N) is 1. The third-order valence-electron chi connectivity index (χ3n) is 7.27. The highest BCUT2D eigenvalue weighted by molar-refractivity contribution is 5.76. The van der Waals surface area contributed by atoms with Gasteiger partial charge in [0, 0.05) is 23.9 Å². The van der Waals surface area contributed by atoms with Crippen LogP contribution in [0.3, 0.4) is 0 Å². The minimum Gasteiger partial charge on any atom is -0.392 e. The van der Waals surface area contributed by atoms with Gasteiger partial charge in [-0.05, 0) is 30.0 Å². The molecule has 1 atom stereocenters. The number of hydrogen-bond acceptors (Lipinski definition) is 1. The molecule has 2 rings (SSSR count). The second kappa shape index (κ2) is 18.0. The molecule has 0 aliphatic heterocycles. The molecular formula is C31H52NO+. The molecule has 2 nitrogen and oxygen atoms in total. The summed E-state index contributed by atoms with van der Waals surface area (Å²) in [7, 11) is 0. The highest BCUT2D eigenvalue weighted by Gasteiger charge is 2.10. The maximum atomic E-state index is 9.36. The zero-order valence-corrected chi connectivity index (χ0v) is 21.9. The largest absolute Gasteiger partial charge is 0.392 e. The van der Waals surface area contributed by atoms with E-state index < -0.39 is 0 Å². The standard InChI is InChI=1S/C31H52NO/c1-3-4-5-6-7-8-9-10-11-12-13-14-15-16-19-28(2)20-17-24-32-25-18-21-30-26-29(27-33)22-23-31(30)32/h18,21-23,25-26,28,33H,3-17,19-20,24,27H2,1-2H3/q+1. The quantitative estimate of drug-likeness (QED) is 0.157. The smallest absolute Gasteiger partial charge is 0.212 e. The molecule has 1 heterocycles. The minimum atomic E-state index is 0.113. The first-order chi connectivity index (χ1) is 16.2. The van der Waals surface area contributed by atoms with E-state index in [1.807, 2.05) is 6.07 Å². The van der Waals surface area contributed by atoms with E-state index in [0.29, 0.717) is 0 Å². The second-order valence-electron chi connectivity index (χ2n) is 10.4. The first-order valence-corrected chi connectivity index (χ1v) is 14.3. The van der Waals surface area contributed by atoms with Gasteiger partial charge < -0.3 is 5.11 Å². The first kappa shape index (κ1) is 27.8. The van der Waals surface area contributed by atoms with E-state index in [2.05, 4.69) is 48.9 Å². The van der Waals surface area contributed by atoms with Crippen molar-refractivity contribution in [3.05, 3.63) is 42.1 Å². The lowest BCUT2D eigenvalue weighted by molar-refractivity contribution is -0.672. The molecule has 0 saturated carbocycles. The number of hydrogen-bond donors (Lipinski definition) is 1. The van der Waals surface area contributed by atoms with Crippen LogP contribution in [0.1, 0.15) is 129 Å². The Morgan fingerprint density at radius 3 is 1.91 bits per heavy atom. The molecule has 0 spiro atoms. The van der Waals surface area contributed by atoms with Gasteiger partial charge in [0.2, 0.25) is 5.52 Å². The van der Waals surface area contributed by atoms with E-state index in [1.54, 1.807) is 0 Å². The van der Waals surface area contributed by atoms with Gasteiger partial charge in [-0.25, -0.2) is 0 Å². The van der Waals surface area contributed by atoms with E-state index in [0.717, 1.165) is 18.0 Å². The zero-order valence-electron chi connectivity index (χ0n) is 21.9. The predicted octanol–water partition coefficient (Wildman–Crippen LogP) is 8.91. The fourth-order valence-corrected chi connectivity index (χ4v) is 5.07. The minimum absolute atomic E-state index is 0.113. The van der Waals surface area contributed by atoms with Gasteiger partial charge in [-0.2, -0.15) is 4.57 Å². The molecule has 0 bridgehead atoms. The highest BCUT2D eigenvalue weighted by atomic mass is 16.3. The van der Waals surface area contributed by atoms with E-state index in [-0.39, 0.29) is 6.61 Å². The third-order valence-corrected chi connectivity index (χ3v) is 7.27. The molecule has 0 radical (unpaired) electrons. The average molecular weight is 455 g/mol. The summed E-state index contributed by atoms with van der Waals surface area (Å²) in [5.41, 5.74) is 2.26. The number of aryl methyl sites for hydroxylation is 1. The van der Waals surface area contributed by atoms with Crippen molar-refractivity contribution >= 4 is 10.9 Å². The lowest BCUT2D eigenvalue weighted by Gasteiger charge is -2.10. The number of rotatable bonds is 20. The normalized spacial score (nSPS) is 12.5. The lowest BCUT2D eigenvalue weighted by Crippen LogP contribution is -2.34. The topological polar surface area (TPSA) is 24.1 Å². The summed E-state index contributed by atoms with van der Waals surface area (Å²) in [6, 6.07) is 10.6. The van der Waals surface area contributed by atoms with Gasteiger partial charge in [0.15, 0.2) is 6.20 Å². The van der Waals surface area contributed by atoms with Crippen LogP contribution in [0.15, 0.2) is 36.5 Å². The Balaban J connectivity index is 1.44. The van der Waals surface area contributed by atoms with E-state index in [1.165, 1.54) is 120 Å². The Hall–Kier alpha value is -1.41. The molecule has 186 valence electrons. The molecule has 1 aromatic heterocycles. The van der Waals surface area contributed by atoms with Gasteiger partial charge in [0.1, 0.15) is 6.54 Å².